The lowest BCUT2D eigenvalue weighted by Gasteiger charge is -2.31. The van der Waals surface area contributed by atoms with Crippen LogP contribution >= 0.6 is 11.3 Å². The number of aryl methyl sites for hydroxylation is 1. The predicted octanol–water partition coefficient (Wildman–Crippen LogP) is -0.688. The maximum atomic E-state index is 12.1. The molecule has 21 heavy (non-hydrogen) atoms. The van der Waals surface area contributed by atoms with Gasteiger partial charge in [0, 0.05) is 12.8 Å². The summed E-state index contributed by atoms with van der Waals surface area (Å²) in [5.74, 6) is -0.119. The van der Waals surface area contributed by atoms with Crippen LogP contribution < -0.4 is 10.2 Å². The number of carbonyl (C=O) groups excluding carboxylic acids is 2. The molecular weight excluding hydrogens is 290 g/mol. The van der Waals surface area contributed by atoms with E-state index in [2.05, 4.69) is 22.4 Å². The first-order chi connectivity index (χ1) is 10.1. The zero-order valence-electron chi connectivity index (χ0n) is 12.5. The Bertz CT molecular complexity index is 497. The molecule has 0 atom stereocenters. The van der Waals surface area contributed by atoms with Crippen LogP contribution in [0.2, 0.25) is 0 Å². The second kappa shape index (κ2) is 7.46. The Morgan fingerprint density at radius 3 is 2.57 bits per heavy atom. The Balaban J connectivity index is 1.70. The Kier molecular flexibility index (Phi) is 5.63. The summed E-state index contributed by atoms with van der Waals surface area (Å²) >= 11 is 1.33. The van der Waals surface area contributed by atoms with Crippen LogP contribution in [0.3, 0.4) is 0 Å². The number of hydrogen-bond donors (Lipinski definition) is 2. The molecule has 2 amide bonds. The number of nitrogens with zero attached hydrogens (tertiary/aromatic N) is 3. The molecule has 1 fully saturated rings. The third-order valence-electron chi connectivity index (χ3n) is 3.66. The second-order valence-corrected chi connectivity index (χ2v) is 6.34. The number of likely N-dealkylation sites (N-methyl/N-ethyl adjacent to an activating group) is 1. The average molecular weight is 312 g/mol. The molecule has 0 radical (unpaired) electrons. The number of nitrogens with one attached hydrogen (secondary N) is 2. The summed E-state index contributed by atoms with van der Waals surface area (Å²) in [7, 11) is 0. The maximum Gasteiger partial charge on any atom is 0.226 e. The van der Waals surface area contributed by atoms with E-state index in [4.69, 9.17) is 0 Å². The highest BCUT2D eigenvalue weighted by molar-refractivity contribution is 7.15. The molecule has 7 nitrogen and oxygen atoms in total. The van der Waals surface area contributed by atoms with Crippen LogP contribution in [0.25, 0.3) is 0 Å². The fourth-order valence-electron chi connectivity index (χ4n) is 2.33. The van der Waals surface area contributed by atoms with Gasteiger partial charge in [-0.15, -0.1) is 10.2 Å². The minimum atomic E-state index is -0.183. The topological polar surface area (TPSA) is 79.6 Å². The average Bonchev–Trinajstić information content (AvgIpc) is 2.90. The van der Waals surface area contributed by atoms with E-state index >= 15 is 0 Å². The number of hydrogen-bond acceptors (Lipinski definition) is 5. The molecule has 8 heteroatoms. The Morgan fingerprint density at radius 1 is 1.29 bits per heavy atom. The van der Waals surface area contributed by atoms with E-state index in [1.807, 2.05) is 11.8 Å². The molecule has 0 aliphatic carbocycles. The largest absolute Gasteiger partial charge is 0.332 e. The van der Waals surface area contributed by atoms with Gasteiger partial charge in [-0.3, -0.25) is 9.59 Å². The van der Waals surface area contributed by atoms with Gasteiger partial charge in [0.05, 0.1) is 32.7 Å². The second-order valence-electron chi connectivity index (χ2n) is 5.16. The van der Waals surface area contributed by atoms with E-state index < -0.39 is 0 Å². The monoisotopic (exact) mass is 312 g/mol. The van der Waals surface area contributed by atoms with Gasteiger partial charge in [-0.05, 0) is 13.8 Å². The van der Waals surface area contributed by atoms with Crippen LogP contribution in [-0.4, -0.2) is 59.6 Å². The zero-order chi connectivity index (χ0) is 15.2. The van der Waals surface area contributed by atoms with Crippen molar-refractivity contribution in [2.24, 2.45) is 0 Å². The predicted molar refractivity (Wildman–Crippen MR) is 80.3 cm³/mol. The van der Waals surface area contributed by atoms with E-state index in [1.54, 1.807) is 0 Å². The van der Waals surface area contributed by atoms with Crippen molar-refractivity contribution >= 4 is 28.3 Å². The molecular formula is C13H22N5O2S+. The van der Waals surface area contributed by atoms with Gasteiger partial charge in [0.1, 0.15) is 5.01 Å². The highest BCUT2D eigenvalue weighted by Gasteiger charge is 2.22. The van der Waals surface area contributed by atoms with Crippen LogP contribution in [0.4, 0.5) is 5.13 Å². The minimum absolute atomic E-state index is 0.0637. The van der Waals surface area contributed by atoms with Crippen LogP contribution in [0.5, 0.6) is 0 Å². The summed E-state index contributed by atoms with van der Waals surface area (Å²) in [6.45, 7) is 8.67. The SMILES string of the molecule is CC[NH+]1CCN(C(=O)CCC(=O)Nc2nnc(C)s2)CC1. The molecule has 2 N–H and O–H groups in total. The van der Waals surface area contributed by atoms with E-state index in [0.717, 1.165) is 37.7 Å². The smallest absolute Gasteiger partial charge is 0.226 e. The number of carbonyl (C=O) groups is 2. The standard InChI is InChI=1S/C13H21N5O2S/c1-3-17-6-8-18(9-7-17)12(20)5-4-11(19)14-13-16-15-10(2)21-13/h3-9H2,1-2H3,(H,14,16,19)/p+1. The van der Waals surface area contributed by atoms with Gasteiger partial charge in [0.25, 0.3) is 0 Å². The summed E-state index contributed by atoms with van der Waals surface area (Å²) in [5, 5.41) is 11.6. The lowest BCUT2D eigenvalue weighted by Crippen LogP contribution is -3.14. The van der Waals surface area contributed by atoms with E-state index in [-0.39, 0.29) is 24.7 Å². The van der Waals surface area contributed by atoms with Gasteiger partial charge >= 0.3 is 0 Å². The molecule has 2 rings (SSSR count). The molecule has 0 spiro atoms. The first-order valence-electron chi connectivity index (χ1n) is 7.29. The van der Waals surface area contributed by atoms with Crippen molar-refractivity contribution < 1.29 is 14.5 Å². The van der Waals surface area contributed by atoms with E-state index in [0.29, 0.717) is 5.13 Å². The highest BCUT2D eigenvalue weighted by atomic mass is 32.1. The lowest BCUT2D eigenvalue weighted by atomic mass is 10.2. The van der Waals surface area contributed by atoms with Gasteiger partial charge in [0.2, 0.25) is 16.9 Å². The van der Waals surface area contributed by atoms with E-state index in [1.165, 1.54) is 16.2 Å². The maximum absolute atomic E-state index is 12.1. The Labute approximate surface area is 128 Å². The van der Waals surface area contributed by atoms with Crippen molar-refractivity contribution in [1.82, 2.24) is 15.1 Å². The summed E-state index contributed by atoms with van der Waals surface area (Å²) in [6, 6.07) is 0. The molecule has 0 bridgehead atoms. The number of quaternary nitrogens is 1. The number of aromatic nitrogens is 2. The summed E-state index contributed by atoms with van der Waals surface area (Å²) in [5.41, 5.74) is 0. The Morgan fingerprint density at radius 2 is 2.00 bits per heavy atom. The molecule has 0 saturated carbocycles. The number of rotatable bonds is 5. The highest BCUT2D eigenvalue weighted by Crippen LogP contribution is 2.14. The number of piperazine rings is 1. The number of amides is 2. The van der Waals surface area contributed by atoms with Crippen LogP contribution in [-0.2, 0) is 9.59 Å². The normalized spacial score (nSPS) is 16.0. The fraction of sp³-hybridized carbons (Fsp3) is 0.692. The van der Waals surface area contributed by atoms with Gasteiger partial charge in [-0.25, -0.2) is 0 Å². The van der Waals surface area contributed by atoms with Crippen molar-refractivity contribution in [2.75, 3.05) is 38.0 Å². The molecule has 0 aromatic carbocycles. The fourth-order valence-corrected chi connectivity index (χ4v) is 2.94. The van der Waals surface area contributed by atoms with Crippen LogP contribution in [0.15, 0.2) is 0 Å². The molecule has 1 aliphatic heterocycles. The molecule has 1 saturated heterocycles. The Hall–Kier alpha value is -1.54. The molecule has 1 aliphatic rings. The van der Waals surface area contributed by atoms with Crippen molar-refractivity contribution in [2.45, 2.75) is 26.7 Å². The number of anilines is 1. The molecule has 0 unspecified atom stereocenters. The summed E-state index contributed by atoms with van der Waals surface area (Å²) in [4.78, 5) is 27.2. The van der Waals surface area contributed by atoms with Gasteiger partial charge < -0.3 is 15.1 Å². The first-order valence-corrected chi connectivity index (χ1v) is 8.11. The zero-order valence-corrected chi connectivity index (χ0v) is 13.3. The van der Waals surface area contributed by atoms with Gasteiger partial charge in [-0.2, -0.15) is 0 Å². The first kappa shape index (κ1) is 15.8. The third kappa shape index (κ3) is 4.75. The lowest BCUT2D eigenvalue weighted by molar-refractivity contribution is -0.902. The molecule has 1 aromatic rings. The van der Waals surface area contributed by atoms with Crippen LogP contribution in [0, 0.1) is 6.92 Å². The van der Waals surface area contributed by atoms with Crippen molar-refractivity contribution in [1.29, 1.82) is 0 Å². The minimum Gasteiger partial charge on any atom is -0.332 e. The van der Waals surface area contributed by atoms with Gasteiger partial charge in [0.15, 0.2) is 0 Å². The van der Waals surface area contributed by atoms with E-state index in [9.17, 15) is 9.59 Å². The van der Waals surface area contributed by atoms with Crippen molar-refractivity contribution in [3.63, 3.8) is 0 Å². The third-order valence-corrected chi connectivity index (χ3v) is 4.42. The summed E-state index contributed by atoms with van der Waals surface area (Å²) in [6.07, 6.45) is 0.448. The summed E-state index contributed by atoms with van der Waals surface area (Å²) < 4.78 is 0. The van der Waals surface area contributed by atoms with Gasteiger partial charge in [-0.1, -0.05) is 11.3 Å². The quantitative estimate of drug-likeness (QED) is 0.754. The van der Waals surface area contributed by atoms with Crippen molar-refractivity contribution in [3.05, 3.63) is 5.01 Å². The van der Waals surface area contributed by atoms with Crippen LogP contribution in [0.1, 0.15) is 24.8 Å². The molecule has 2 heterocycles. The molecule has 116 valence electrons. The van der Waals surface area contributed by atoms with Crippen molar-refractivity contribution in [3.8, 4) is 0 Å². The molecule has 1 aromatic heterocycles.